The number of ether oxygens (including phenoxy) is 1. The van der Waals surface area contributed by atoms with Crippen molar-refractivity contribution < 1.29 is 19.4 Å². The van der Waals surface area contributed by atoms with Gasteiger partial charge in [0.05, 0.1) is 18.8 Å². The third kappa shape index (κ3) is 4.59. The highest BCUT2D eigenvalue weighted by Gasteiger charge is 2.16. The summed E-state index contributed by atoms with van der Waals surface area (Å²) in [5.74, 6) is -0.870. The number of aryl methyl sites for hydroxylation is 1. The zero-order chi connectivity index (χ0) is 14.4. The van der Waals surface area contributed by atoms with E-state index in [1.165, 1.54) is 7.11 Å². The van der Waals surface area contributed by atoms with Gasteiger partial charge in [-0.2, -0.15) is 0 Å². The number of nitrogens with two attached hydrogens (primary N) is 1. The van der Waals surface area contributed by atoms with Crippen molar-refractivity contribution >= 4 is 17.6 Å². The molecule has 0 fully saturated rings. The summed E-state index contributed by atoms with van der Waals surface area (Å²) in [6, 6.07) is 4.51. The van der Waals surface area contributed by atoms with Crippen molar-refractivity contribution in [2.45, 2.75) is 25.8 Å². The van der Waals surface area contributed by atoms with Crippen LogP contribution >= 0.6 is 0 Å². The van der Waals surface area contributed by atoms with Gasteiger partial charge in [0, 0.05) is 6.42 Å². The smallest absolute Gasteiger partial charge is 0.303 e. The molecular weight excluding hydrogens is 248 g/mol. The van der Waals surface area contributed by atoms with Gasteiger partial charge >= 0.3 is 5.97 Å². The van der Waals surface area contributed by atoms with Gasteiger partial charge in [-0.15, -0.1) is 0 Å². The van der Waals surface area contributed by atoms with Crippen LogP contribution in [-0.4, -0.2) is 30.1 Å². The number of hydrogen-bond donors (Lipinski definition) is 3. The molecule has 1 unspecified atom stereocenters. The Kier molecular flexibility index (Phi) is 5.32. The Hall–Kier alpha value is -2.08. The van der Waals surface area contributed by atoms with Crippen LogP contribution in [0.1, 0.15) is 18.4 Å². The van der Waals surface area contributed by atoms with Gasteiger partial charge in [-0.3, -0.25) is 9.59 Å². The second-order valence-corrected chi connectivity index (χ2v) is 4.23. The lowest BCUT2D eigenvalue weighted by molar-refractivity contribution is -0.137. The van der Waals surface area contributed by atoms with E-state index in [0.717, 1.165) is 5.56 Å². The third-order valence-corrected chi connectivity index (χ3v) is 2.62. The van der Waals surface area contributed by atoms with Crippen LogP contribution in [0.5, 0.6) is 5.75 Å². The minimum Gasteiger partial charge on any atom is -0.495 e. The van der Waals surface area contributed by atoms with Crippen molar-refractivity contribution in [2.75, 3.05) is 12.4 Å². The highest BCUT2D eigenvalue weighted by Crippen LogP contribution is 2.25. The number of rotatable bonds is 6. The van der Waals surface area contributed by atoms with E-state index in [1.54, 1.807) is 12.1 Å². The quantitative estimate of drug-likeness (QED) is 0.716. The van der Waals surface area contributed by atoms with Gasteiger partial charge in [-0.05, 0) is 31.0 Å². The van der Waals surface area contributed by atoms with Crippen LogP contribution in [0.15, 0.2) is 18.2 Å². The number of carboxylic acids is 1. The molecule has 0 heterocycles. The molecule has 1 atom stereocenters. The van der Waals surface area contributed by atoms with Crippen LogP contribution in [0, 0.1) is 6.92 Å². The molecule has 0 aliphatic carbocycles. The molecule has 0 radical (unpaired) electrons. The summed E-state index contributed by atoms with van der Waals surface area (Å²) in [5.41, 5.74) is 7.12. The average Bonchev–Trinajstić information content (AvgIpc) is 2.36. The largest absolute Gasteiger partial charge is 0.495 e. The molecule has 0 saturated carbocycles. The highest BCUT2D eigenvalue weighted by atomic mass is 16.5. The van der Waals surface area contributed by atoms with Gasteiger partial charge in [0.15, 0.2) is 0 Å². The predicted octanol–water partition coefficient (Wildman–Crippen LogP) is 1.13. The lowest BCUT2D eigenvalue weighted by Gasteiger charge is -2.14. The van der Waals surface area contributed by atoms with Crippen molar-refractivity contribution in [2.24, 2.45) is 5.73 Å². The summed E-state index contributed by atoms with van der Waals surface area (Å²) in [5, 5.41) is 11.2. The van der Waals surface area contributed by atoms with E-state index >= 15 is 0 Å². The van der Waals surface area contributed by atoms with E-state index in [-0.39, 0.29) is 12.8 Å². The summed E-state index contributed by atoms with van der Waals surface area (Å²) in [6.07, 6.45) is -0.0468. The van der Waals surface area contributed by atoms with Crippen LogP contribution in [0.3, 0.4) is 0 Å². The van der Waals surface area contributed by atoms with Crippen LogP contribution in [0.2, 0.25) is 0 Å². The van der Waals surface area contributed by atoms with Crippen molar-refractivity contribution in [3.63, 3.8) is 0 Å². The molecule has 1 aromatic carbocycles. The SMILES string of the molecule is COc1ccc(C)cc1NC(=O)C(N)CCC(=O)O. The molecule has 19 heavy (non-hydrogen) atoms. The first-order valence-corrected chi connectivity index (χ1v) is 5.87. The number of anilines is 1. The Bertz CT molecular complexity index is 474. The molecule has 4 N–H and O–H groups in total. The minimum atomic E-state index is -0.976. The Morgan fingerprint density at radius 1 is 1.47 bits per heavy atom. The van der Waals surface area contributed by atoms with Crippen LogP contribution in [-0.2, 0) is 9.59 Å². The van der Waals surface area contributed by atoms with Gasteiger partial charge in [0.25, 0.3) is 0 Å². The first-order chi connectivity index (χ1) is 8.93. The number of amides is 1. The Balaban J connectivity index is 2.70. The zero-order valence-corrected chi connectivity index (χ0v) is 11.0. The van der Waals surface area contributed by atoms with Gasteiger partial charge < -0.3 is 20.9 Å². The van der Waals surface area contributed by atoms with Gasteiger partial charge in [0.2, 0.25) is 5.91 Å². The number of methoxy groups -OCH3 is 1. The molecule has 1 aromatic rings. The second-order valence-electron chi connectivity index (χ2n) is 4.23. The summed E-state index contributed by atoms with van der Waals surface area (Å²) in [7, 11) is 1.50. The molecule has 0 aliphatic heterocycles. The first kappa shape index (κ1) is 15.0. The molecule has 0 bridgehead atoms. The molecule has 6 heteroatoms. The number of benzene rings is 1. The Morgan fingerprint density at radius 3 is 2.74 bits per heavy atom. The van der Waals surface area contributed by atoms with Crippen molar-refractivity contribution in [3.05, 3.63) is 23.8 Å². The topological polar surface area (TPSA) is 102 Å². The summed E-state index contributed by atoms with van der Waals surface area (Å²) in [6.45, 7) is 1.89. The fourth-order valence-corrected chi connectivity index (χ4v) is 1.56. The molecule has 0 aromatic heterocycles. The van der Waals surface area contributed by atoms with Crippen molar-refractivity contribution in [3.8, 4) is 5.75 Å². The second kappa shape index (κ2) is 6.75. The number of hydrogen-bond acceptors (Lipinski definition) is 4. The molecule has 104 valence electrons. The lowest BCUT2D eigenvalue weighted by atomic mass is 10.1. The Morgan fingerprint density at radius 2 is 2.16 bits per heavy atom. The van der Waals surface area contributed by atoms with Gasteiger partial charge in [-0.25, -0.2) is 0 Å². The van der Waals surface area contributed by atoms with Gasteiger partial charge in [-0.1, -0.05) is 6.07 Å². The molecule has 0 spiro atoms. The maximum Gasteiger partial charge on any atom is 0.303 e. The van der Waals surface area contributed by atoms with E-state index in [2.05, 4.69) is 5.32 Å². The lowest BCUT2D eigenvalue weighted by Crippen LogP contribution is -2.36. The van der Waals surface area contributed by atoms with E-state index in [0.29, 0.717) is 11.4 Å². The monoisotopic (exact) mass is 266 g/mol. The number of nitrogens with one attached hydrogen (secondary N) is 1. The minimum absolute atomic E-state index is 0.0926. The maximum atomic E-state index is 11.8. The van der Waals surface area contributed by atoms with Crippen molar-refractivity contribution in [1.82, 2.24) is 0 Å². The molecule has 6 nitrogen and oxygen atoms in total. The van der Waals surface area contributed by atoms with E-state index in [9.17, 15) is 9.59 Å². The highest BCUT2D eigenvalue weighted by molar-refractivity contribution is 5.96. The molecule has 1 rings (SSSR count). The van der Waals surface area contributed by atoms with Crippen LogP contribution in [0.4, 0.5) is 5.69 Å². The van der Waals surface area contributed by atoms with Crippen molar-refractivity contribution in [1.29, 1.82) is 0 Å². The molecular formula is C13H18N2O4. The fourth-order valence-electron chi connectivity index (χ4n) is 1.56. The number of carbonyl (C=O) groups is 2. The standard InChI is InChI=1S/C13H18N2O4/c1-8-3-5-11(19-2)10(7-8)15-13(18)9(14)4-6-12(16)17/h3,5,7,9H,4,6,14H2,1-2H3,(H,15,18)(H,16,17). The average molecular weight is 266 g/mol. The third-order valence-electron chi connectivity index (χ3n) is 2.62. The predicted molar refractivity (Wildman–Crippen MR) is 71.2 cm³/mol. The number of carboxylic acid groups (broad SMARTS) is 1. The number of carbonyl (C=O) groups excluding carboxylic acids is 1. The normalized spacial score (nSPS) is 11.7. The molecule has 1 amide bonds. The van der Waals surface area contributed by atoms with Crippen LogP contribution < -0.4 is 15.8 Å². The summed E-state index contributed by atoms with van der Waals surface area (Å²) >= 11 is 0. The summed E-state index contributed by atoms with van der Waals surface area (Å²) in [4.78, 5) is 22.2. The van der Waals surface area contributed by atoms with E-state index < -0.39 is 17.9 Å². The zero-order valence-electron chi connectivity index (χ0n) is 11.0. The maximum absolute atomic E-state index is 11.8. The van der Waals surface area contributed by atoms with Crippen LogP contribution in [0.25, 0.3) is 0 Å². The van der Waals surface area contributed by atoms with Gasteiger partial charge in [0.1, 0.15) is 5.75 Å². The van der Waals surface area contributed by atoms with E-state index in [4.69, 9.17) is 15.6 Å². The van der Waals surface area contributed by atoms with E-state index in [1.807, 2.05) is 13.0 Å². The first-order valence-electron chi connectivity index (χ1n) is 5.87. The number of aliphatic carboxylic acids is 1. The molecule has 0 saturated heterocycles. The fraction of sp³-hybridized carbons (Fsp3) is 0.385. The Labute approximate surface area is 111 Å². The summed E-state index contributed by atoms with van der Waals surface area (Å²) < 4.78 is 5.13. The molecule has 0 aliphatic rings.